The molecule has 0 fully saturated rings. The Kier molecular flexibility index (Phi) is 22.0. The van der Waals surface area contributed by atoms with Crippen LogP contribution in [0.3, 0.4) is 0 Å². The van der Waals surface area contributed by atoms with E-state index in [0.717, 1.165) is 34.0 Å². The lowest BCUT2D eigenvalue weighted by atomic mass is 9.99. The van der Waals surface area contributed by atoms with Gasteiger partial charge in [-0.05, 0) is 171 Å². The quantitative estimate of drug-likeness (QED) is 0.177. The molecule has 0 radical (unpaired) electrons. The molecule has 5 nitrogen and oxygen atoms in total. The third-order valence-electron chi connectivity index (χ3n) is 9.99. The molecule has 0 aliphatic rings. The second-order valence-corrected chi connectivity index (χ2v) is 14.5. The summed E-state index contributed by atoms with van der Waals surface area (Å²) < 4.78 is 0. The van der Waals surface area contributed by atoms with Gasteiger partial charge in [0.05, 0.1) is 0 Å². The number of hydrogen-bond acceptors (Lipinski definition) is 6. The Hall–Kier alpha value is -6.11. The summed E-state index contributed by atoms with van der Waals surface area (Å²) in [5.74, 6) is 0. The van der Waals surface area contributed by atoms with Crippen LogP contribution in [0.4, 0.5) is 0 Å². The van der Waals surface area contributed by atoms with Crippen LogP contribution in [0.1, 0.15) is 80.4 Å². The van der Waals surface area contributed by atoms with E-state index < -0.39 is 0 Å². The molecule has 8 rings (SSSR count). The minimum atomic E-state index is 0. The standard InChI is InChI=1S/C14H15N.C13H13N.C12H12N2.C11H11NS.4CH4/c1-10-9-14(11(2)12(3)15-10)13-7-5-4-6-8-13;1-10-11(2)14-9-8-13(10)12-6-4-3-5-7-12;1-9-10(2)14-7-5-12(9)11-4-3-6-13-8-11;1-8-9(2)12-5-3-11(8)10-4-6-13-7-10;;;;/h4-9H,1-3H3;3-9H,1-2H3;3-8H,1-2H3;3-7H,1-2H3;4*1H4. The Bertz CT molecular complexity index is 2360. The van der Waals surface area contributed by atoms with Crippen LogP contribution in [-0.2, 0) is 0 Å². The molecule has 0 amide bonds. The van der Waals surface area contributed by atoms with E-state index >= 15 is 0 Å². The zero-order valence-corrected chi connectivity index (χ0v) is 34.8. The summed E-state index contributed by atoms with van der Waals surface area (Å²) >= 11 is 1.73. The number of pyridine rings is 5. The summed E-state index contributed by atoms with van der Waals surface area (Å²) in [5.41, 5.74) is 20.6. The van der Waals surface area contributed by atoms with Crippen molar-refractivity contribution in [1.82, 2.24) is 24.9 Å². The molecular weight excluding hydrogens is 751 g/mol. The Balaban J connectivity index is 0.000000392. The van der Waals surface area contributed by atoms with E-state index in [1.165, 1.54) is 61.2 Å². The van der Waals surface area contributed by atoms with Gasteiger partial charge in [-0.25, -0.2) is 0 Å². The molecule has 0 aliphatic carbocycles. The molecule has 2 aromatic carbocycles. The molecule has 314 valence electrons. The first-order chi connectivity index (χ1) is 27.0. The molecule has 0 N–H and O–H groups in total. The highest BCUT2D eigenvalue weighted by Crippen LogP contribution is 2.27. The molecule has 0 atom stereocenters. The van der Waals surface area contributed by atoms with Crippen LogP contribution in [0.25, 0.3) is 44.5 Å². The molecule has 0 unspecified atom stereocenters. The maximum absolute atomic E-state index is 4.46. The summed E-state index contributed by atoms with van der Waals surface area (Å²) in [6.07, 6.45) is 9.24. The first-order valence-electron chi connectivity index (χ1n) is 18.8. The topological polar surface area (TPSA) is 64.5 Å². The van der Waals surface area contributed by atoms with Gasteiger partial charge in [0.15, 0.2) is 0 Å². The van der Waals surface area contributed by atoms with E-state index in [-0.39, 0.29) is 29.7 Å². The third kappa shape index (κ3) is 13.7. The largest absolute Gasteiger partial charge is 0.264 e. The first-order valence-corrected chi connectivity index (χ1v) is 19.7. The molecule has 6 heteroatoms. The van der Waals surface area contributed by atoms with Crippen molar-refractivity contribution >= 4 is 11.3 Å². The maximum atomic E-state index is 4.46. The van der Waals surface area contributed by atoms with Crippen LogP contribution in [0.2, 0.25) is 0 Å². The molecule has 0 aliphatic heterocycles. The van der Waals surface area contributed by atoms with Gasteiger partial charge in [0.1, 0.15) is 0 Å². The highest BCUT2D eigenvalue weighted by atomic mass is 32.1. The monoisotopic (exact) mass is 818 g/mol. The SMILES string of the molecule is C.C.C.C.Cc1cc(-c2ccccc2)c(C)c(C)n1.Cc1nccc(-c2ccccc2)c1C.Cc1nccc(-c2cccnc2)c1C.Cc1nccc(-c2ccsc2)c1C. The molecule has 0 saturated heterocycles. The number of thiophene rings is 1. The number of rotatable bonds is 4. The van der Waals surface area contributed by atoms with Gasteiger partial charge in [0.25, 0.3) is 0 Å². The van der Waals surface area contributed by atoms with Gasteiger partial charge in [-0.3, -0.25) is 24.9 Å². The van der Waals surface area contributed by atoms with E-state index in [1.807, 2.05) is 76.7 Å². The molecule has 0 spiro atoms. The lowest BCUT2D eigenvalue weighted by molar-refractivity contribution is 1.09. The van der Waals surface area contributed by atoms with Crippen LogP contribution in [0.15, 0.2) is 145 Å². The second-order valence-electron chi connectivity index (χ2n) is 13.7. The van der Waals surface area contributed by atoms with Crippen molar-refractivity contribution in [3.05, 3.63) is 196 Å². The first kappa shape index (κ1) is 51.9. The fourth-order valence-corrected chi connectivity index (χ4v) is 6.88. The van der Waals surface area contributed by atoms with Crippen LogP contribution in [0, 0.1) is 62.3 Å². The Morgan fingerprint density at radius 2 is 0.800 bits per heavy atom. The average Bonchev–Trinajstić information content (AvgIpc) is 3.76. The molecule has 0 saturated carbocycles. The number of nitrogens with zero attached hydrogens (tertiary/aromatic N) is 5. The van der Waals surface area contributed by atoms with Crippen molar-refractivity contribution in [2.75, 3.05) is 0 Å². The van der Waals surface area contributed by atoms with Crippen molar-refractivity contribution in [3.8, 4) is 44.5 Å². The van der Waals surface area contributed by atoms with Crippen molar-refractivity contribution in [2.24, 2.45) is 0 Å². The normalized spacial score (nSPS) is 9.55. The van der Waals surface area contributed by atoms with Crippen molar-refractivity contribution in [1.29, 1.82) is 0 Å². The van der Waals surface area contributed by atoms with Gasteiger partial charge in [0, 0.05) is 65.0 Å². The average molecular weight is 818 g/mol. The Morgan fingerprint density at radius 3 is 1.23 bits per heavy atom. The number of aromatic nitrogens is 5. The van der Waals surface area contributed by atoms with Crippen molar-refractivity contribution < 1.29 is 0 Å². The number of hydrogen-bond donors (Lipinski definition) is 0. The summed E-state index contributed by atoms with van der Waals surface area (Å²) in [6, 6.07) is 35.3. The highest BCUT2D eigenvalue weighted by molar-refractivity contribution is 7.08. The molecule has 0 bridgehead atoms. The molecule has 6 aromatic heterocycles. The van der Waals surface area contributed by atoms with E-state index in [9.17, 15) is 0 Å². The fraction of sp³-hybridized carbons (Fsp3) is 0.241. The van der Waals surface area contributed by atoms with Gasteiger partial charge in [-0.1, -0.05) is 96.4 Å². The summed E-state index contributed by atoms with van der Waals surface area (Å²) in [7, 11) is 0. The third-order valence-corrected chi connectivity index (χ3v) is 10.7. The predicted octanol–water partition coefficient (Wildman–Crippen LogP) is 15.8. The molecule has 6 heterocycles. The highest BCUT2D eigenvalue weighted by Gasteiger charge is 2.07. The van der Waals surface area contributed by atoms with E-state index in [4.69, 9.17) is 0 Å². The number of benzene rings is 2. The van der Waals surface area contributed by atoms with E-state index in [1.54, 1.807) is 17.5 Å². The fourth-order valence-electron chi connectivity index (χ4n) is 6.23. The Morgan fingerprint density at radius 1 is 0.383 bits per heavy atom. The smallest absolute Gasteiger partial charge is 0.0411 e. The lowest BCUT2D eigenvalue weighted by Crippen LogP contribution is -1.93. The predicted molar refractivity (Wildman–Crippen MR) is 264 cm³/mol. The van der Waals surface area contributed by atoms with Crippen LogP contribution in [-0.4, -0.2) is 24.9 Å². The van der Waals surface area contributed by atoms with Crippen LogP contribution in [0.5, 0.6) is 0 Å². The van der Waals surface area contributed by atoms with Crippen molar-refractivity contribution in [2.45, 2.75) is 92.0 Å². The van der Waals surface area contributed by atoms with Gasteiger partial charge in [-0.15, -0.1) is 0 Å². The van der Waals surface area contributed by atoms with Crippen LogP contribution < -0.4 is 0 Å². The second kappa shape index (κ2) is 25.4. The minimum absolute atomic E-state index is 0. The van der Waals surface area contributed by atoms with Gasteiger partial charge < -0.3 is 0 Å². The van der Waals surface area contributed by atoms with Gasteiger partial charge >= 0.3 is 0 Å². The van der Waals surface area contributed by atoms with E-state index in [2.05, 4.69) is 149 Å². The lowest BCUT2D eigenvalue weighted by Gasteiger charge is -2.09. The number of aryl methyl sites for hydroxylation is 5. The zero-order valence-electron chi connectivity index (χ0n) is 34.0. The van der Waals surface area contributed by atoms with Crippen molar-refractivity contribution in [3.63, 3.8) is 0 Å². The van der Waals surface area contributed by atoms with Gasteiger partial charge in [0.2, 0.25) is 0 Å². The molecule has 8 aromatic rings. The molecule has 60 heavy (non-hydrogen) atoms. The summed E-state index contributed by atoms with van der Waals surface area (Å²) in [6.45, 7) is 18.7. The maximum Gasteiger partial charge on any atom is 0.0411 e. The van der Waals surface area contributed by atoms with Crippen LogP contribution >= 0.6 is 11.3 Å². The Labute approximate surface area is 366 Å². The van der Waals surface area contributed by atoms with Gasteiger partial charge in [-0.2, -0.15) is 11.3 Å². The minimum Gasteiger partial charge on any atom is -0.264 e. The molecular formula is C54H67N5S. The zero-order chi connectivity index (χ0) is 40.0. The summed E-state index contributed by atoms with van der Waals surface area (Å²) in [5, 5.41) is 4.27. The summed E-state index contributed by atoms with van der Waals surface area (Å²) in [4.78, 5) is 21.3. The van der Waals surface area contributed by atoms with E-state index in [0.29, 0.717) is 0 Å².